The van der Waals surface area contributed by atoms with Crippen molar-refractivity contribution < 1.29 is 9.53 Å². The first-order valence-electron chi connectivity index (χ1n) is 6.98. The van der Waals surface area contributed by atoms with E-state index in [-0.39, 0.29) is 11.3 Å². The largest absolute Gasteiger partial charge is 0.378 e. The van der Waals surface area contributed by atoms with Crippen LogP contribution in [0.2, 0.25) is 0 Å². The van der Waals surface area contributed by atoms with E-state index in [2.05, 4.69) is 25.7 Å². The summed E-state index contributed by atoms with van der Waals surface area (Å²) in [5, 5.41) is 0. The van der Waals surface area contributed by atoms with Crippen LogP contribution in [-0.4, -0.2) is 42.5 Å². The number of aryl methyl sites for hydroxylation is 1. The summed E-state index contributed by atoms with van der Waals surface area (Å²) < 4.78 is 5.48. The summed E-state index contributed by atoms with van der Waals surface area (Å²) in [4.78, 5) is 14.5. The van der Waals surface area contributed by atoms with Gasteiger partial charge in [-0.25, -0.2) is 0 Å². The van der Waals surface area contributed by atoms with Gasteiger partial charge in [-0.05, 0) is 25.8 Å². The number of hydrogen-bond acceptors (Lipinski definition) is 3. The molecule has 0 aliphatic carbocycles. The lowest BCUT2D eigenvalue weighted by Crippen LogP contribution is -2.54. The first kappa shape index (κ1) is 14.2. The fourth-order valence-corrected chi connectivity index (χ4v) is 2.37. The highest BCUT2D eigenvalue weighted by molar-refractivity contribution is 5.97. The topological polar surface area (TPSA) is 29.5 Å². The first-order valence-corrected chi connectivity index (χ1v) is 6.98. The summed E-state index contributed by atoms with van der Waals surface area (Å²) in [6.07, 6.45) is 1.00. The van der Waals surface area contributed by atoms with Crippen molar-refractivity contribution >= 4 is 5.78 Å². The van der Waals surface area contributed by atoms with Crippen molar-refractivity contribution in [2.24, 2.45) is 0 Å². The molecule has 3 nitrogen and oxygen atoms in total. The average Bonchev–Trinajstić information content (AvgIpc) is 2.41. The number of ketones is 1. The molecule has 1 aromatic carbocycles. The standard InChI is InChI=1S/C16H23NO2/c1-4-13-5-7-14(8-6-13)15(18)11-17-9-10-19-12-16(17,2)3/h5-8H,4,9-12H2,1-3H3. The number of benzene rings is 1. The Kier molecular flexibility index (Phi) is 4.38. The Morgan fingerprint density at radius 3 is 2.58 bits per heavy atom. The molecule has 1 saturated heterocycles. The molecule has 0 bridgehead atoms. The number of ether oxygens (including phenoxy) is 1. The van der Waals surface area contributed by atoms with Gasteiger partial charge in [0.15, 0.2) is 5.78 Å². The highest BCUT2D eigenvalue weighted by Gasteiger charge is 2.31. The van der Waals surface area contributed by atoms with Gasteiger partial charge in [0.05, 0.1) is 19.8 Å². The number of Topliss-reactive ketones (excluding diaryl/α,β-unsaturated/α-hetero) is 1. The molecule has 0 aromatic heterocycles. The third-order valence-electron chi connectivity index (χ3n) is 3.84. The Balaban J connectivity index is 2.03. The molecule has 0 amide bonds. The van der Waals surface area contributed by atoms with Crippen molar-refractivity contribution in [2.45, 2.75) is 32.7 Å². The number of carbonyl (C=O) groups excluding carboxylic acids is 1. The van der Waals surface area contributed by atoms with E-state index in [1.54, 1.807) is 0 Å². The van der Waals surface area contributed by atoms with Crippen LogP contribution < -0.4 is 0 Å². The maximum Gasteiger partial charge on any atom is 0.176 e. The van der Waals surface area contributed by atoms with Crippen LogP contribution in [0.25, 0.3) is 0 Å². The average molecular weight is 261 g/mol. The normalized spacial score (nSPS) is 19.3. The van der Waals surface area contributed by atoms with Crippen LogP contribution in [0, 0.1) is 0 Å². The number of rotatable bonds is 4. The molecule has 2 rings (SSSR count). The van der Waals surface area contributed by atoms with Gasteiger partial charge in [-0.15, -0.1) is 0 Å². The van der Waals surface area contributed by atoms with E-state index < -0.39 is 0 Å². The summed E-state index contributed by atoms with van der Waals surface area (Å²) in [5.74, 6) is 0.192. The van der Waals surface area contributed by atoms with Crippen LogP contribution in [0.5, 0.6) is 0 Å². The second kappa shape index (κ2) is 5.85. The quantitative estimate of drug-likeness (QED) is 0.780. The fraction of sp³-hybridized carbons (Fsp3) is 0.562. The van der Waals surface area contributed by atoms with Gasteiger partial charge in [-0.1, -0.05) is 31.2 Å². The molecule has 19 heavy (non-hydrogen) atoms. The lowest BCUT2D eigenvalue weighted by atomic mass is 10.0. The second-order valence-electron chi connectivity index (χ2n) is 5.76. The number of hydrogen-bond donors (Lipinski definition) is 0. The van der Waals surface area contributed by atoms with E-state index in [4.69, 9.17) is 4.74 Å². The van der Waals surface area contributed by atoms with Gasteiger partial charge in [0.2, 0.25) is 0 Å². The molecule has 1 aromatic rings. The van der Waals surface area contributed by atoms with Crippen molar-refractivity contribution in [3.8, 4) is 0 Å². The first-order chi connectivity index (χ1) is 9.03. The monoisotopic (exact) mass is 261 g/mol. The van der Waals surface area contributed by atoms with Gasteiger partial charge in [-0.3, -0.25) is 9.69 Å². The van der Waals surface area contributed by atoms with Gasteiger partial charge >= 0.3 is 0 Å². The molecule has 0 spiro atoms. The summed E-state index contributed by atoms with van der Waals surface area (Å²) >= 11 is 0. The Hall–Kier alpha value is -1.19. The lowest BCUT2D eigenvalue weighted by Gasteiger charge is -2.41. The maximum atomic E-state index is 12.3. The zero-order valence-corrected chi connectivity index (χ0v) is 12.1. The van der Waals surface area contributed by atoms with Crippen molar-refractivity contribution in [2.75, 3.05) is 26.3 Å². The molecule has 1 fully saturated rings. The molecular formula is C16H23NO2. The minimum Gasteiger partial charge on any atom is -0.378 e. The van der Waals surface area contributed by atoms with E-state index in [9.17, 15) is 4.79 Å². The van der Waals surface area contributed by atoms with Gasteiger partial charge in [0, 0.05) is 17.6 Å². The minimum absolute atomic E-state index is 0.0583. The van der Waals surface area contributed by atoms with Crippen LogP contribution >= 0.6 is 0 Å². The van der Waals surface area contributed by atoms with Gasteiger partial charge < -0.3 is 4.74 Å². The Bertz CT molecular complexity index is 437. The third kappa shape index (κ3) is 3.43. The molecule has 104 valence electrons. The van der Waals surface area contributed by atoms with Crippen LogP contribution in [0.4, 0.5) is 0 Å². The van der Waals surface area contributed by atoms with E-state index in [1.807, 2.05) is 24.3 Å². The van der Waals surface area contributed by atoms with Crippen molar-refractivity contribution in [1.82, 2.24) is 4.90 Å². The van der Waals surface area contributed by atoms with Gasteiger partial charge in [0.25, 0.3) is 0 Å². The molecule has 3 heteroatoms. The molecule has 0 saturated carbocycles. The van der Waals surface area contributed by atoms with E-state index >= 15 is 0 Å². The van der Waals surface area contributed by atoms with Crippen molar-refractivity contribution in [1.29, 1.82) is 0 Å². The fourth-order valence-electron chi connectivity index (χ4n) is 2.37. The number of morpholine rings is 1. The van der Waals surface area contributed by atoms with Gasteiger partial charge in [-0.2, -0.15) is 0 Å². The third-order valence-corrected chi connectivity index (χ3v) is 3.84. The number of carbonyl (C=O) groups is 1. The van der Waals surface area contributed by atoms with E-state index in [1.165, 1.54) is 5.56 Å². The molecule has 0 N–H and O–H groups in total. The van der Waals surface area contributed by atoms with Crippen LogP contribution in [0.3, 0.4) is 0 Å². The predicted octanol–water partition coefficient (Wildman–Crippen LogP) is 2.54. The zero-order chi connectivity index (χ0) is 13.9. The smallest absolute Gasteiger partial charge is 0.176 e. The number of nitrogens with zero attached hydrogens (tertiary/aromatic N) is 1. The lowest BCUT2D eigenvalue weighted by molar-refractivity contribution is -0.0467. The van der Waals surface area contributed by atoms with Crippen molar-refractivity contribution in [3.05, 3.63) is 35.4 Å². The molecule has 1 aliphatic rings. The summed E-state index contributed by atoms with van der Waals surface area (Å²) in [7, 11) is 0. The molecule has 0 unspecified atom stereocenters. The summed E-state index contributed by atoms with van der Waals surface area (Å²) in [5.41, 5.74) is 2.01. The predicted molar refractivity (Wildman–Crippen MR) is 76.6 cm³/mol. The van der Waals surface area contributed by atoms with Crippen molar-refractivity contribution in [3.63, 3.8) is 0 Å². The molecular weight excluding hydrogens is 238 g/mol. The molecule has 0 radical (unpaired) electrons. The van der Waals surface area contributed by atoms with Gasteiger partial charge in [0.1, 0.15) is 0 Å². The maximum absolute atomic E-state index is 12.3. The Morgan fingerprint density at radius 1 is 1.32 bits per heavy atom. The SMILES string of the molecule is CCc1ccc(C(=O)CN2CCOCC2(C)C)cc1. The van der Waals surface area contributed by atoms with Crippen LogP contribution in [0.15, 0.2) is 24.3 Å². The summed E-state index contributed by atoms with van der Waals surface area (Å²) in [6.45, 7) is 9.07. The van der Waals surface area contributed by atoms with Crippen LogP contribution in [0.1, 0.15) is 36.7 Å². The molecule has 1 aliphatic heterocycles. The van der Waals surface area contributed by atoms with Crippen LogP contribution in [-0.2, 0) is 11.2 Å². The highest BCUT2D eigenvalue weighted by atomic mass is 16.5. The Labute approximate surface area is 115 Å². The highest BCUT2D eigenvalue weighted by Crippen LogP contribution is 2.19. The van der Waals surface area contributed by atoms with E-state index in [0.717, 1.165) is 18.5 Å². The Morgan fingerprint density at radius 2 is 2.00 bits per heavy atom. The second-order valence-corrected chi connectivity index (χ2v) is 5.76. The molecule has 0 atom stereocenters. The summed E-state index contributed by atoms with van der Waals surface area (Å²) in [6, 6.07) is 7.96. The molecule has 1 heterocycles. The van der Waals surface area contributed by atoms with E-state index in [0.29, 0.717) is 19.8 Å². The minimum atomic E-state index is -0.0583. The zero-order valence-electron chi connectivity index (χ0n) is 12.1.